The number of hydrogen-bond acceptors (Lipinski definition) is 1. The topological polar surface area (TPSA) is 0 Å². The van der Waals surface area contributed by atoms with Gasteiger partial charge < -0.3 is 0 Å². The summed E-state index contributed by atoms with van der Waals surface area (Å²) in [5.41, 5.74) is 0. The summed E-state index contributed by atoms with van der Waals surface area (Å²) < 4.78 is 0. The molecule has 0 aliphatic rings. The largest absolute Gasteiger partial charge is 0.152 e. The summed E-state index contributed by atoms with van der Waals surface area (Å²) in [7, 11) is 0. The second-order valence-electron chi connectivity index (χ2n) is 0.793. The number of hydrogen-bond donors (Lipinski definition) is 0. The molecule has 1 heterocycles. The maximum atomic E-state index is 2.04. The molecule has 0 spiro atoms. The van der Waals surface area contributed by atoms with Crippen molar-refractivity contribution in [2.45, 2.75) is 0 Å². The molecule has 3 radical (unpaired) electrons. The number of rotatable bonds is 0. The van der Waals surface area contributed by atoms with Gasteiger partial charge in [-0.25, -0.2) is 0 Å². The summed E-state index contributed by atoms with van der Waals surface area (Å²) in [5.74, 6) is 0. The van der Waals surface area contributed by atoms with Crippen LogP contribution in [0.25, 0.3) is 0 Å². The van der Waals surface area contributed by atoms with E-state index in [-0.39, 0.29) is 18.0 Å². The zero-order valence-electron chi connectivity index (χ0n) is 3.16. The van der Waals surface area contributed by atoms with Crippen molar-refractivity contribution in [3.63, 3.8) is 0 Å². The minimum atomic E-state index is 0. The molecule has 1 aromatic rings. The summed E-state index contributed by atoms with van der Waals surface area (Å²) in [6, 6.07) is 4.04. The van der Waals surface area contributed by atoms with E-state index in [2.05, 4.69) is 0 Å². The first-order valence-electron chi connectivity index (χ1n) is 1.47. The van der Waals surface area contributed by atoms with E-state index < -0.39 is 0 Å². The van der Waals surface area contributed by atoms with Gasteiger partial charge in [0.15, 0.2) is 0 Å². The zero-order valence-corrected chi connectivity index (χ0v) is 5.86. The van der Waals surface area contributed by atoms with Gasteiger partial charge in [-0.3, -0.25) is 0 Å². The van der Waals surface area contributed by atoms with E-state index in [9.17, 15) is 0 Å². The van der Waals surface area contributed by atoms with Crippen LogP contribution in [0.1, 0.15) is 0 Å². The van der Waals surface area contributed by atoms with Gasteiger partial charge in [0.1, 0.15) is 0 Å². The van der Waals surface area contributed by atoms with Crippen molar-refractivity contribution in [3.8, 4) is 0 Å². The Morgan fingerprint density at radius 1 is 1.00 bits per heavy atom. The summed E-state index contributed by atoms with van der Waals surface area (Å²) in [4.78, 5) is 0. The zero-order chi connectivity index (χ0) is 3.54. The molecule has 0 N–H and O–H groups in total. The molecular weight excluding hydrogens is 155 g/mol. The van der Waals surface area contributed by atoms with Crippen molar-refractivity contribution in [3.05, 3.63) is 22.9 Å². The third kappa shape index (κ3) is 1.64. The fraction of sp³-hybridized carbons (Fsp3) is 0. The molecule has 6 heavy (non-hydrogen) atoms. The molecule has 2 heteroatoms. The van der Waals surface area contributed by atoms with Crippen LogP contribution in [-0.2, 0) is 0 Å². The van der Waals surface area contributed by atoms with E-state index in [0.717, 1.165) is 0 Å². The maximum Gasteiger partial charge on any atom is 0 e. The van der Waals surface area contributed by atoms with Crippen LogP contribution in [-0.4, -0.2) is 18.0 Å². The molecule has 31 valence electrons. The van der Waals surface area contributed by atoms with Gasteiger partial charge in [-0.2, -0.15) is 11.3 Å². The summed E-state index contributed by atoms with van der Waals surface area (Å²) >= 11 is 1.71. The second-order valence-corrected chi connectivity index (χ2v) is 1.61. The Labute approximate surface area is 52.5 Å². The van der Waals surface area contributed by atoms with E-state index in [1.807, 2.05) is 22.9 Å². The van der Waals surface area contributed by atoms with Crippen LogP contribution in [0.4, 0.5) is 0 Å². The Kier molecular flexibility index (Phi) is 3.60. The third-order valence-electron chi connectivity index (χ3n) is 0.425. The van der Waals surface area contributed by atoms with Crippen LogP contribution >= 0.6 is 11.3 Å². The predicted molar refractivity (Wildman–Crippen MR) is 30.1 cm³/mol. The van der Waals surface area contributed by atoms with Gasteiger partial charge in [-0.15, -0.1) is 0 Å². The number of thiophene rings is 1. The second kappa shape index (κ2) is 3.45. The molecule has 0 bridgehead atoms. The average Bonchev–Trinajstić information content (AvgIpc) is 1.76. The minimum absolute atomic E-state index is 0. The van der Waals surface area contributed by atoms with E-state index in [4.69, 9.17) is 0 Å². The molecule has 1 rings (SSSR count). The van der Waals surface area contributed by atoms with Gasteiger partial charge in [-0.05, 0) is 10.8 Å². The van der Waals surface area contributed by atoms with Crippen molar-refractivity contribution >= 4 is 29.3 Å². The minimum Gasteiger partial charge on any atom is -0.152 e. The van der Waals surface area contributed by atoms with E-state index >= 15 is 0 Å². The molecule has 0 saturated carbocycles. The Bertz CT molecular complexity index is 64.0. The van der Waals surface area contributed by atoms with Crippen LogP contribution in [0.15, 0.2) is 22.9 Å². The molecule has 0 nitrogen and oxygen atoms in total. The van der Waals surface area contributed by atoms with Crippen molar-refractivity contribution in [1.29, 1.82) is 0 Å². The fourth-order valence-electron chi connectivity index (χ4n) is 0.227. The standard InChI is InChI=1S/C4H4S.As/c1-2-4-5-3-1;/h1-4H;. The Hall–Kier alpha value is 0.258. The molecular formula is C4H4AsS. The molecule has 0 unspecified atom stereocenters. The smallest absolute Gasteiger partial charge is 0 e. The van der Waals surface area contributed by atoms with Crippen LogP contribution in [0.5, 0.6) is 0 Å². The first-order valence-corrected chi connectivity index (χ1v) is 2.41. The Balaban J connectivity index is 0.000000250. The molecule has 0 amide bonds. The van der Waals surface area contributed by atoms with Crippen molar-refractivity contribution < 1.29 is 0 Å². The van der Waals surface area contributed by atoms with Gasteiger partial charge in [0.2, 0.25) is 0 Å². The summed E-state index contributed by atoms with van der Waals surface area (Å²) in [5, 5.41) is 4.08. The van der Waals surface area contributed by atoms with Gasteiger partial charge in [0, 0.05) is 18.0 Å². The summed E-state index contributed by atoms with van der Waals surface area (Å²) in [6.45, 7) is 0. The predicted octanol–water partition coefficient (Wildman–Crippen LogP) is 1.37. The van der Waals surface area contributed by atoms with E-state index in [1.54, 1.807) is 11.3 Å². The third-order valence-corrected chi connectivity index (χ3v) is 1.05. The molecule has 0 aromatic carbocycles. The molecule has 0 fully saturated rings. The van der Waals surface area contributed by atoms with Crippen LogP contribution in [0.3, 0.4) is 0 Å². The van der Waals surface area contributed by atoms with Crippen molar-refractivity contribution in [1.82, 2.24) is 0 Å². The Morgan fingerprint density at radius 2 is 1.50 bits per heavy atom. The Morgan fingerprint density at radius 3 is 1.67 bits per heavy atom. The van der Waals surface area contributed by atoms with Crippen LogP contribution in [0.2, 0.25) is 0 Å². The molecule has 0 aliphatic heterocycles. The van der Waals surface area contributed by atoms with E-state index in [0.29, 0.717) is 0 Å². The quantitative estimate of drug-likeness (QED) is 0.501. The monoisotopic (exact) mass is 159 g/mol. The average molecular weight is 159 g/mol. The first-order chi connectivity index (χ1) is 2.50. The van der Waals surface area contributed by atoms with Crippen LogP contribution in [0, 0.1) is 0 Å². The van der Waals surface area contributed by atoms with Crippen molar-refractivity contribution in [2.24, 2.45) is 0 Å². The van der Waals surface area contributed by atoms with Gasteiger partial charge in [0.25, 0.3) is 0 Å². The maximum absolute atomic E-state index is 2.04. The van der Waals surface area contributed by atoms with Gasteiger partial charge in [-0.1, -0.05) is 12.1 Å². The molecule has 0 atom stereocenters. The van der Waals surface area contributed by atoms with Crippen LogP contribution < -0.4 is 0 Å². The normalized spacial score (nSPS) is 6.67. The molecule has 0 aliphatic carbocycles. The van der Waals surface area contributed by atoms with Gasteiger partial charge >= 0.3 is 0 Å². The SMILES string of the molecule is [As].c1ccsc1. The molecule has 1 aromatic heterocycles. The molecule has 0 saturated heterocycles. The van der Waals surface area contributed by atoms with E-state index in [1.165, 1.54) is 0 Å². The first kappa shape index (κ1) is 6.26. The fourth-order valence-corrected chi connectivity index (χ4v) is 0.680. The summed E-state index contributed by atoms with van der Waals surface area (Å²) in [6.07, 6.45) is 0. The van der Waals surface area contributed by atoms with Crippen molar-refractivity contribution in [2.75, 3.05) is 0 Å². The van der Waals surface area contributed by atoms with Gasteiger partial charge in [0.05, 0.1) is 0 Å².